The molecule has 6 heteroatoms. The normalized spacial score (nSPS) is 18.4. The van der Waals surface area contributed by atoms with Crippen molar-refractivity contribution in [1.82, 2.24) is 10.6 Å². The summed E-state index contributed by atoms with van der Waals surface area (Å²) in [6.07, 6.45) is 6.51. The fourth-order valence-corrected chi connectivity index (χ4v) is 4.00. The van der Waals surface area contributed by atoms with Crippen molar-refractivity contribution in [3.05, 3.63) is 53.7 Å². The third-order valence-corrected chi connectivity index (χ3v) is 6.09. The minimum Gasteiger partial charge on any atom is -0.487 e. The van der Waals surface area contributed by atoms with Gasteiger partial charge in [0, 0.05) is 16.9 Å². The van der Waals surface area contributed by atoms with Gasteiger partial charge in [0.05, 0.1) is 7.11 Å². The molecule has 2 N–H and O–H groups in total. The third-order valence-electron chi connectivity index (χ3n) is 4.84. The zero-order chi connectivity index (χ0) is 19.9. The highest BCUT2D eigenvalue weighted by molar-refractivity contribution is 7.17. The largest absolute Gasteiger partial charge is 0.487 e. The Morgan fingerprint density at radius 1 is 1.18 bits per heavy atom. The number of amides is 2. The number of carbonyl (C=O) groups is 2. The number of allylic oxidation sites excluding steroid dienone is 1. The van der Waals surface area contributed by atoms with Crippen molar-refractivity contribution >= 4 is 23.2 Å². The quantitative estimate of drug-likeness (QED) is 0.758. The van der Waals surface area contributed by atoms with E-state index in [0.717, 1.165) is 17.9 Å². The van der Waals surface area contributed by atoms with E-state index in [1.807, 2.05) is 12.3 Å². The number of benzene rings is 1. The molecule has 1 aromatic heterocycles. The Hall–Kier alpha value is -2.60. The molecule has 2 fully saturated rings. The SMILES string of the molecule is COc1sc(-c2ccccc2)cc1C.O=C1CCC(NC=C2CCC2)C(=O)N1. The molecular formula is C22H26N2O3S. The van der Waals surface area contributed by atoms with Crippen molar-refractivity contribution in [3.63, 3.8) is 0 Å². The van der Waals surface area contributed by atoms with Crippen LogP contribution in [0.25, 0.3) is 10.4 Å². The molecule has 0 bridgehead atoms. The van der Waals surface area contributed by atoms with E-state index < -0.39 is 0 Å². The van der Waals surface area contributed by atoms with Gasteiger partial charge in [-0.2, -0.15) is 0 Å². The van der Waals surface area contributed by atoms with Crippen LogP contribution in [0.5, 0.6) is 5.06 Å². The van der Waals surface area contributed by atoms with Gasteiger partial charge in [-0.1, -0.05) is 47.2 Å². The number of rotatable bonds is 4. The van der Waals surface area contributed by atoms with Crippen LogP contribution in [0.2, 0.25) is 0 Å². The summed E-state index contributed by atoms with van der Waals surface area (Å²) in [4.78, 5) is 23.4. The average Bonchev–Trinajstić information content (AvgIpc) is 3.04. The Morgan fingerprint density at radius 3 is 2.50 bits per heavy atom. The zero-order valence-corrected chi connectivity index (χ0v) is 17.1. The summed E-state index contributed by atoms with van der Waals surface area (Å²) in [5, 5.41) is 6.39. The predicted molar refractivity (Wildman–Crippen MR) is 112 cm³/mol. The second kappa shape index (κ2) is 9.55. The van der Waals surface area contributed by atoms with Crippen LogP contribution < -0.4 is 15.4 Å². The molecule has 4 rings (SSSR count). The van der Waals surface area contributed by atoms with Crippen molar-refractivity contribution in [2.75, 3.05) is 7.11 Å². The molecule has 28 heavy (non-hydrogen) atoms. The highest BCUT2D eigenvalue weighted by Gasteiger charge is 2.25. The van der Waals surface area contributed by atoms with E-state index in [0.29, 0.717) is 12.8 Å². The van der Waals surface area contributed by atoms with E-state index in [2.05, 4.69) is 47.9 Å². The maximum absolute atomic E-state index is 11.3. The fraction of sp³-hybridized carbons (Fsp3) is 0.364. The summed E-state index contributed by atoms with van der Waals surface area (Å²) < 4.78 is 5.27. The van der Waals surface area contributed by atoms with Crippen LogP contribution in [0, 0.1) is 6.92 Å². The highest BCUT2D eigenvalue weighted by atomic mass is 32.1. The Balaban J connectivity index is 0.000000161. The molecular weight excluding hydrogens is 372 g/mol. The number of nitrogens with one attached hydrogen (secondary N) is 2. The molecule has 1 saturated heterocycles. The standard InChI is InChI=1S/C12H12OS.C10H14N2O2/c1-9-8-11(14-12(9)13-2)10-6-4-3-5-7-10;13-9-5-4-8(10(14)12-9)11-6-7-2-1-3-7/h3-8H,1-2H3;6,8,11H,1-5H2,(H,12,13,14). The minimum atomic E-state index is -0.221. The van der Waals surface area contributed by atoms with Gasteiger partial charge >= 0.3 is 0 Å². The van der Waals surface area contributed by atoms with Crippen molar-refractivity contribution in [1.29, 1.82) is 0 Å². The molecule has 1 unspecified atom stereocenters. The average molecular weight is 399 g/mol. The van der Waals surface area contributed by atoms with Gasteiger partial charge in [-0.25, -0.2) is 0 Å². The Kier molecular flexibility index (Phi) is 6.87. The van der Waals surface area contributed by atoms with E-state index in [1.165, 1.54) is 28.0 Å². The number of ether oxygens (including phenoxy) is 1. The summed E-state index contributed by atoms with van der Waals surface area (Å²) >= 11 is 1.69. The lowest BCUT2D eigenvalue weighted by atomic mass is 9.93. The molecule has 148 valence electrons. The minimum absolute atomic E-state index is 0.163. The molecule has 0 radical (unpaired) electrons. The Labute approximate surface area is 169 Å². The lowest BCUT2D eigenvalue weighted by molar-refractivity contribution is -0.134. The van der Waals surface area contributed by atoms with Crippen molar-refractivity contribution in [2.45, 2.75) is 45.1 Å². The van der Waals surface area contributed by atoms with Gasteiger partial charge in [0.1, 0.15) is 6.04 Å². The topological polar surface area (TPSA) is 67.4 Å². The molecule has 1 saturated carbocycles. The van der Waals surface area contributed by atoms with Gasteiger partial charge in [-0.05, 0) is 50.4 Å². The van der Waals surface area contributed by atoms with E-state index in [9.17, 15) is 9.59 Å². The second-order valence-electron chi connectivity index (χ2n) is 6.98. The first-order valence-corrected chi connectivity index (χ1v) is 10.4. The smallest absolute Gasteiger partial charge is 0.249 e. The number of imide groups is 1. The predicted octanol–water partition coefficient (Wildman–Crippen LogP) is 4.18. The molecule has 1 atom stereocenters. The number of methoxy groups -OCH3 is 1. The molecule has 2 amide bonds. The zero-order valence-electron chi connectivity index (χ0n) is 16.3. The van der Waals surface area contributed by atoms with E-state index in [-0.39, 0.29) is 17.9 Å². The summed E-state index contributed by atoms with van der Waals surface area (Å²) in [5.41, 5.74) is 3.83. The first kappa shape index (κ1) is 20.1. The van der Waals surface area contributed by atoms with Gasteiger partial charge in [0.2, 0.25) is 11.8 Å². The number of hydrogen-bond donors (Lipinski definition) is 2. The number of carbonyl (C=O) groups excluding carboxylic acids is 2. The molecule has 5 nitrogen and oxygen atoms in total. The number of aryl methyl sites for hydroxylation is 1. The van der Waals surface area contributed by atoms with E-state index >= 15 is 0 Å². The van der Waals surface area contributed by atoms with Gasteiger partial charge < -0.3 is 10.1 Å². The molecule has 2 heterocycles. The van der Waals surface area contributed by atoms with Crippen molar-refractivity contribution in [3.8, 4) is 15.5 Å². The molecule has 1 aromatic carbocycles. The van der Waals surface area contributed by atoms with Gasteiger partial charge in [-0.15, -0.1) is 0 Å². The Bertz CT molecular complexity index is 852. The lowest BCUT2D eigenvalue weighted by Crippen LogP contribution is -2.49. The van der Waals surface area contributed by atoms with Crippen LogP contribution in [-0.2, 0) is 9.59 Å². The Morgan fingerprint density at radius 2 is 1.93 bits per heavy atom. The first-order valence-electron chi connectivity index (χ1n) is 9.54. The van der Waals surface area contributed by atoms with E-state index in [1.54, 1.807) is 18.4 Å². The highest BCUT2D eigenvalue weighted by Crippen LogP contribution is 2.36. The first-order chi connectivity index (χ1) is 13.6. The summed E-state index contributed by atoms with van der Waals surface area (Å²) in [6, 6.07) is 12.3. The molecule has 2 aromatic rings. The monoisotopic (exact) mass is 398 g/mol. The van der Waals surface area contributed by atoms with Crippen LogP contribution in [0.15, 0.2) is 48.2 Å². The second-order valence-corrected chi connectivity index (χ2v) is 7.99. The van der Waals surface area contributed by atoms with E-state index in [4.69, 9.17) is 4.74 Å². The number of thiophene rings is 1. The molecule has 2 aliphatic rings. The lowest BCUT2D eigenvalue weighted by Gasteiger charge is -2.23. The van der Waals surface area contributed by atoms with Crippen LogP contribution in [0.1, 0.15) is 37.7 Å². The van der Waals surface area contributed by atoms with Gasteiger partial charge in [0.25, 0.3) is 0 Å². The number of piperidine rings is 1. The molecule has 1 aliphatic heterocycles. The van der Waals surface area contributed by atoms with Crippen LogP contribution in [0.4, 0.5) is 0 Å². The third kappa shape index (κ3) is 5.23. The maximum atomic E-state index is 11.3. The maximum Gasteiger partial charge on any atom is 0.249 e. The summed E-state index contributed by atoms with van der Waals surface area (Å²) in [6.45, 7) is 2.07. The van der Waals surface area contributed by atoms with Gasteiger partial charge in [-0.3, -0.25) is 14.9 Å². The number of hydrogen-bond acceptors (Lipinski definition) is 5. The van der Waals surface area contributed by atoms with Gasteiger partial charge in [0.15, 0.2) is 5.06 Å². The van der Waals surface area contributed by atoms with Crippen LogP contribution in [0.3, 0.4) is 0 Å². The summed E-state index contributed by atoms with van der Waals surface area (Å²) in [5.74, 6) is -0.359. The van der Waals surface area contributed by atoms with Crippen LogP contribution in [-0.4, -0.2) is 25.0 Å². The fourth-order valence-electron chi connectivity index (χ4n) is 3.01. The van der Waals surface area contributed by atoms with Crippen molar-refractivity contribution < 1.29 is 14.3 Å². The van der Waals surface area contributed by atoms with Crippen molar-refractivity contribution in [2.24, 2.45) is 0 Å². The molecule has 0 spiro atoms. The summed E-state index contributed by atoms with van der Waals surface area (Å²) in [7, 11) is 1.72. The van der Waals surface area contributed by atoms with Crippen LogP contribution >= 0.6 is 11.3 Å². The molecule has 1 aliphatic carbocycles.